The highest BCUT2D eigenvalue weighted by atomic mass is 16.5. The molecule has 0 spiro atoms. The minimum Gasteiger partial charge on any atom is -0.492 e. The summed E-state index contributed by atoms with van der Waals surface area (Å²) in [5, 5.41) is 0. The summed E-state index contributed by atoms with van der Waals surface area (Å²) in [7, 11) is 0. The standard InChI is InChI=1S/C16H17N3O/c1-12-3-2-4-14(9-12)20-8-7-19-11-18-15-10-13(17)5-6-16(15)19/h2-6,9-11H,7-8,17H2,1H3. The fourth-order valence-electron chi connectivity index (χ4n) is 2.23. The van der Waals surface area contributed by atoms with Crippen LogP contribution in [0.25, 0.3) is 11.0 Å². The summed E-state index contributed by atoms with van der Waals surface area (Å²) in [4.78, 5) is 4.35. The first kappa shape index (κ1) is 12.5. The molecule has 0 saturated heterocycles. The molecule has 3 aromatic rings. The number of hydrogen-bond donors (Lipinski definition) is 1. The molecule has 2 aromatic carbocycles. The third-order valence-electron chi connectivity index (χ3n) is 3.24. The molecule has 2 N–H and O–H groups in total. The van der Waals surface area contributed by atoms with Gasteiger partial charge in [-0.25, -0.2) is 4.98 Å². The molecule has 0 bridgehead atoms. The van der Waals surface area contributed by atoms with Crippen molar-refractivity contribution in [1.29, 1.82) is 0 Å². The molecule has 102 valence electrons. The summed E-state index contributed by atoms with van der Waals surface area (Å²) in [5.41, 5.74) is 9.68. The highest BCUT2D eigenvalue weighted by Crippen LogP contribution is 2.16. The average molecular weight is 267 g/mol. The molecule has 1 heterocycles. The minimum absolute atomic E-state index is 0.610. The zero-order chi connectivity index (χ0) is 13.9. The van der Waals surface area contributed by atoms with Crippen molar-refractivity contribution in [3.8, 4) is 5.75 Å². The summed E-state index contributed by atoms with van der Waals surface area (Å²) in [6.07, 6.45) is 1.82. The number of imidazole rings is 1. The van der Waals surface area contributed by atoms with Crippen molar-refractivity contribution >= 4 is 16.7 Å². The summed E-state index contributed by atoms with van der Waals surface area (Å²) < 4.78 is 7.83. The number of hydrogen-bond acceptors (Lipinski definition) is 3. The number of ether oxygens (including phenoxy) is 1. The van der Waals surface area contributed by atoms with Gasteiger partial charge in [-0.2, -0.15) is 0 Å². The molecule has 0 aliphatic carbocycles. The SMILES string of the molecule is Cc1cccc(OCCn2cnc3cc(N)ccc32)c1. The zero-order valence-electron chi connectivity index (χ0n) is 11.4. The van der Waals surface area contributed by atoms with Crippen molar-refractivity contribution in [2.45, 2.75) is 13.5 Å². The van der Waals surface area contributed by atoms with Crippen LogP contribution in [0.15, 0.2) is 48.8 Å². The molecule has 0 fully saturated rings. The minimum atomic E-state index is 0.610. The summed E-state index contributed by atoms with van der Waals surface area (Å²) in [6, 6.07) is 13.8. The van der Waals surface area contributed by atoms with E-state index in [2.05, 4.69) is 22.5 Å². The lowest BCUT2D eigenvalue weighted by Crippen LogP contribution is -2.07. The van der Waals surface area contributed by atoms with Gasteiger partial charge in [0.05, 0.1) is 23.9 Å². The topological polar surface area (TPSA) is 53.1 Å². The summed E-state index contributed by atoms with van der Waals surface area (Å²) in [5.74, 6) is 0.902. The van der Waals surface area contributed by atoms with Crippen LogP contribution in [0.2, 0.25) is 0 Å². The Morgan fingerprint density at radius 2 is 2.10 bits per heavy atom. The smallest absolute Gasteiger partial charge is 0.119 e. The van der Waals surface area contributed by atoms with Crippen LogP contribution in [0.3, 0.4) is 0 Å². The molecule has 1 aromatic heterocycles. The van der Waals surface area contributed by atoms with Gasteiger partial charge in [-0.1, -0.05) is 12.1 Å². The van der Waals surface area contributed by atoms with Gasteiger partial charge in [-0.05, 0) is 42.8 Å². The van der Waals surface area contributed by atoms with Crippen molar-refractivity contribution in [1.82, 2.24) is 9.55 Å². The summed E-state index contributed by atoms with van der Waals surface area (Å²) in [6.45, 7) is 3.42. The number of rotatable bonds is 4. The predicted molar refractivity (Wildman–Crippen MR) is 80.8 cm³/mol. The molecule has 0 radical (unpaired) electrons. The van der Waals surface area contributed by atoms with Crippen LogP contribution in [0, 0.1) is 6.92 Å². The first-order chi connectivity index (χ1) is 9.72. The molecular formula is C16H17N3O. The molecular weight excluding hydrogens is 250 g/mol. The van der Waals surface area contributed by atoms with Crippen molar-refractivity contribution in [3.05, 3.63) is 54.4 Å². The molecule has 4 heteroatoms. The van der Waals surface area contributed by atoms with Crippen LogP contribution in [-0.4, -0.2) is 16.2 Å². The van der Waals surface area contributed by atoms with E-state index < -0.39 is 0 Å². The first-order valence-corrected chi connectivity index (χ1v) is 6.62. The van der Waals surface area contributed by atoms with Crippen LogP contribution in [-0.2, 0) is 6.54 Å². The fraction of sp³-hybridized carbons (Fsp3) is 0.188. The number of benzene rings is 2. The Morgan fingerprint density at radius 1 is 1.20 bits per heavy atom. The van der Waals surface area contributed by atoms with E-state index in [1.165, 1.54) is 5.56 Å². The number of fused-ring (bicyclic) bond motifs is 1. The summed E-state index contributed by atoms with van der Waals surface area (Å²) >= 11 is 0. The third kappa shape index (κ3) is 2.59. The Bertz CT molecular complexity index is 733. The maximum atomic E-state index is 5.76. The Balaban J connectivity index is 1.68. The van der Waals surface area contributed by atoms with Gasteiger partial charge in [0, 0.05) is 5.69 Å². The van der Waals surface area contributed by atoms with Crippen molar-refractivity contribution in [3.63, 3.8) is 0 Å². The number of aryl methyl sites for hydroxylation is 1. The van der Waals surface area contributed by atoms with E-state index in [4.69, 9.17) is 10.5 Å². The zero-order valence-corrected chi connectivity index (χ0v) is 11.4. The van der Waals surface area contributed by atoms with Gasteiger partial charge in [0.1, 0.15) is 12.4 Å². The molecule has 20 heavy (non-hydrogen) atoms. The molecule has 0 aliphatic rings. The van der Waals surface area contributed by atoms with E-state index in [1.807, 2.05) is 42.7 Å². The highest BCUT2D eigenvalue weighted by Gasteiger charge is 2.03. The van der Waals surface area contributed by atoms with E-state index in [1.54, 1.807) is 0 Å². The van der Waals surface area contributed by atoms with E-state index >= 15 is 0 Å². The van der Waals surface area contributed by atoms with Gasteiger partial charge in [0.25, 0.3) is 0 Å². The monoisotopic (exact) mass is 267 g/mol. The Morgan fingerprint density at radius 3 is 2.95 bits per heavy atom. The predicted octanol–water partition coefficient (Wildman–Crippen LogP) is 3.01. The first-order valence-electron chi connectivity index (χ1n) is 6.62. The second-order valence-electron chi connectivity index (χ2n) is 4.85. The number of nitrogen functional groups attached to an aromatic ring is 1. The molecule has 0 amide bonds. The lowest BCUT2D eigenvalue weighted by molar-refractivity contribution is 0.300. The van der Waals surface area contributed by atoms with E-state index in [0.717, 1.165) is 29.0 Å². The van der Waals surface area contributed by atoms with Crippen LogP contribution in [0.1, 0.15) is 5.56 Å². The normalized spacial score (nSPS) is 10.8. The number of anilines is 1. The van der Waals surface area contributed by atoms with E-state index in [-0.39, 0.29) is 0 Å². The van der Waals surface area contributed by atoms with Gasteiger partial charge in [-0.3, -0.25) is 0 Å². The van der Waals surface area contributed by atoms with Crippen LogP contribution >= 0.6 is 0 Å². The fourth-order valence-corrected chi connectivity index (χ4v) is 2.23. The lowest BCUT2D eigenvalue weighted by atomic mass is 10.2. The largest absolute Gasteiger partial charge is 0.492 e. The second-order valence-corrected chi connectivity index (χ2v) is 4.85. The Hall–Kier alpha value is -2.49. The molecule has 4 nitrogen and oxygen atoms in total. The molecule has 3 rings (SSSR count). The van der Waals surface area contributed by atoms with Gasteiger partial charge in [-0.15, -0.1) is 0 Å². The van der Waals surface area contributed by atoms with Crippen molar-refractivity contribution < 1.29 is 4.74 Å². The highest BCUT2D eigenvalue weighted by molar-refractivity contribution is 5.78. The van der Waals surface area contributed by atoms with Crippen molar-refractivity contribution in [2.24, 2.45) is 0 Å². The molecule has 0 unspecified atom stereocenters. The second kappa shape index (κ2) is 5.25. The van der Waals surface area contributed by atoms with Crippen LogP contribution in [0.5, 0.6) is 5.75 Å². The number of nitrogens with two attached hydrogens (primary N) is 1. The Labute approximate surface area is 117 Å². The lowest BCUT2D eigenvalue weighted by Gasteiger charge is -2.08. The van der Waals surface area contributed by atoms with Gasteiger partial charge in [0.15, 0.2) is 0 Å². The molecule has 0 atom stereocenters. The number of aromatic nitrogens is 2. The maximum absolute atomic E-state index is 5.76. The van der Waals surface area contributed by atoms with Crippen LogP contribution < -0.4 is 10.5 Å². The molecule has 0 saturated carbocycles. The van der Waals surface area contributed by atoms with E-state index in [9.17, 15) is 0 Å². The Kier molecular flexibility index (Phi) is 3.29. The number of nitrogens with zero attached hydrogens (tertiary/aromatic N) is 2. The van der Waals surface area contributed by atoms with Gasteiger partial charge < -0.3 is 15.0 Å². The third-order valence-corrected chi connectivity index (χ3v) is 3.24. The quantitative estimate of drug-likeness (QED) is 0.739. The van der Waals surface area contributed by atoms with Gasteiger partial charge >= 0.3 is 0 Å². The van der Waals surface area contributed by atoms with Crippen LogP contribution in [0.4, 0.5) is 5.69 Å². The van der Waals surface area contributed by atoms with E-state index in [0.29, 0.717) is 6.61 Å². The average Bonchev–Trinajstić information content (AvgIpc) is 2.81. The maximum Gasteiger partial charge on any atom is 0.119 e. The molecule has 0 aliphatic heterocycles. The van der Waals surface area contributed by atoms with Gasteiger partial charge in [0.2, 0.25) is 0 Å². The van der Waals surface area contributed by atoms with Crippen molar-refractivity contribution in [2.75, 3.05) is 12.3 Å².